The number of hydrogen-bond donors (Lipinski definition) is 1. The van der Waals surface area contributed by atoms with E-state index < -0.39 is 0 Å². The van der Waals surface area contributed by atoms with E-state index in [-0.39, 0.29) is 17.9 Å². The summed E-state index contributed by atoms with van der Waals surface area (Å²) in [5.74, 6) is 0.304. The molecule has 2 saturated heterocycles. The Labute approximate surface area is 136 Å². The third kappa shape index (κ3) is 3.73. The van der Waals surface area contributed by atoms with Crippen LogP contribution in [0.15, 0.2) is 24.3 Å². The first kappa shape index (κ1) is 15.6. The van der Waals surface area contributed by atoms with Gasteiger partial charge in [0.05, 0.1) is 10.7 Å². The Bertz CT molecular complexity index is 517. The number of halogens is 1. The maximum absolute atomic E-state index is 12.4. The third-order valence-electron chi connectivity index (χ3n) is 4.55. The SMILES string of the molecule is O=C(NC1CCCN(c2ccccc2Cl)C1)C1CCOCC1. The normalized spacial score (nSPS) is 23.3. The van der Waals surface area contributed by atoms with Crippen LogP contribution in [0.4, 0.5) is 5.69 Å². The first-order chi connectivity index (χ1) is 10.7. The number of anilines is 1. The van der Waals surface area contributed by atoms with E-state index in [0.29, 0.717) is 13.2 Å². The quantitative estimate of drug-likeness (QED) is 0.930. The number of carbonyl (C=O) groups excluding carboxylic acids is 1. The smallest absolute Gasteiger partial charge is 0.223 e. The van der Waals surface area contributed by atoms with Crippen molar-refractivity contribution in [2.45, 2.75) is 31.7 Å². The highest BCUT2D eigenvalue weighted by molar-refractivity contribution is 6.33. The Balaban J connectivity index is 1.58. The lowest BCUT2D eigenvalue weighted by Crippen LogP contribution is -2.49. The Kier molecular flexibility index (Phi) is 5.21. The molecular formula is C17H23ClN2O2. The van der Waals surface area contributed by atoms with E-state index in [2.05, 4.69) is 10.2 Å². The number of rotatable bonds is 3. The number of nitrogens with zero attached hydrogens (tertiary/aromatic N) is 1. The van der Waals surface area contributed by atoms with Crippen LogP contribution in [0.1, 0.15) is 25.7 Å². The molecule has 1 amide bonds. The summed E-state index contributed by atoms with van der Waals surface area (Å²) in [6.07, 6.45) is 3.79. The molecule has 5 heteroatoms. The van der Waals surface area contributed by atoms with Gasteiger partial charge in [-0.3, -0.25) is 4.79 Å². The van der Waals surface area contributed by atoms with E-state index in [1.165, 1.54) is 0 Å². The van der Waals surface area contributed by atoms with Crippen LogP contribution in [0.5, 0.6) is 0 Å². The van der Waals surface area contributed by atoms with Crippen molar-refractivity contribution in [1.29, 1.82) is 0 Å². The van der Waals surface area contributed by atoms with Crippen molar-refractivity contribution >= 4 is 23.2 Å². The molecule has 1 aromatic carbocycles. The number of carbonyl (C=O) groups is 1. The zero-order valence-electron chi connectivity index (χ0n) is 12.8. The summed E-state index contributed by atoms with van der Waals surface area (Å²) in [7, 11) is 0. The number of piperidine rings is 1. The van der Waals surface area contributed by atoms with Gasteiger partial charge in [-0.15, -0.1) is 0 Å². The fraction of sp³-hybridized carbons (Fsp3) is 0.588. The summed E-state index contributed by atoms with van der Waals surface area (Å²) in [4.78, 5) is 14.6. The minimum absolute atomic E-state index is 0.115. The van der Waals surface area contributed by atoms with Gasteiger partial charge in [-0.1, -0.05) is 23.7 Å². The van der Waals surface area contributed by atoms with Gasteiger partial charge in [-0.05, 0) is 37.8 Å². The van der Waals surface area contributed by atoms with Crippen molar-refractivity contribution in [3.8, 4) is 0 Å². The zero-order valence-corrected chi connectivity index (χ0v) is 13.5. The summed E-state index contributed by atoms with van der Waals surface area (Å²) in [6.45, 7) is 3.23. The molecule has 0 aliphatic carbocycles. The summed E-state index contributed by atoms with van der Waals surface area (Å²) >= 11 is 6.29. The Morgan fingerprint density at radius 3 is 2.77 bits per heavy atom. The van der Waals surface area contributed by atoms with Crippen LogP contribution in [-0.2, 0) is 9.53 Å². The fourth-order valence-electron chi connectivity index (χ4n) is 3.30. The van der Waals surface area contributed by atoms with Gasteiger partial charge in [0.15, 0.2) is 0 Å². The fourth-order valence-corrected chi connectivity index (χ4v) is 3.56. The van der Waals surface area contributed by atoms with Gasteiger partial charge in [0, 0.05) is 38.3 Å². The van der Waals surface area contributed by atoms with Crippen LogP contribution >= 0.6 is 11.6 Å². The maximum atomic E-state index is 12.4. The molecule has 2 aliphatic heterocycles. The number of nitrogens with one attached hydrogen (secondary N) is 1. The summed E-state index contributed by atoms with van der Waals surface area (Å²) in [5.41, 5.74) is 1.06. The van der Waals surface area contributed by atoms with Gasteiger partial charge in [-0.2, -0.15) is 0 Å². The van der Waals surface area contributed by atoms with E-state index in [9.17, 15) is 4.79 Å². The van der Waals surface area contributed by atoms with Gasteiger partial charge in [0.25, 0.3) is 0 Å². The topological polar surface area (TPSA) is 41.6 Å². The van der Waals surface area contributed by atoms with Crippen molar-refractivity contribution in [3.63, 3.8) is 0 Å². The monoisotopic (exact) mass is 322 g/mol. The Morgan fingerprint density at radius 2 is 2.00 bits per heavy atom. The summed E-state index contributed by atoms with van der Waals surface area (Å²) < 4.78 is 5.33. The van der Waals surface area contributed by atoms with Crippen molar-refractivity contribution in [1.82, 2.24) is 5.32 Å². The van der Waals surface area contributed by atoms with E-state index in [4.69, 9.17) is 16.3 Å². The van der Waals surface area contributed by atoms with Gasteiger partial charge < -0.3 is 15.0 Å². The number of amides is 1. The van der Waals surface area contributed by atoms with Crippen molar-refractivity contribution in [2.24, 2.45) is 5.92 Å². The molecule has 2 aliphatic rings. The van der Waals surface area contributed by atoms with Gasteiger partial charge in [0.2, 0.25) is 5.91 Å². The lowest BCUT2D eigenvalue weighted by atomic mass is 9.97. The van der Waals surface area contributed by atoms with Crippen LogP contribution in [-0.4, -0.2) is 38.3 Å². The molecule has 3 rings (SSSR count). The average molecular weight is 323 g/mol. The van der Waals surface area contributed by atoms with E-state index in [1.807, 2.05) is 24.3 Å². The Hall–Kier alpha value is -1.26. The number of ether oxygens (including phenoxy) is 1. The van der Waals surface area contributed by atoms with E-state index in [1.54, 1.807) is 0 Å². The largest absolute Gasteiger partial charge is 0.381 e. The molecule has 2 fully saturated rings. The van der Waals surface area contributed by atoms with Crippen LogP contribution in [0.3, 0.4) is 0 Å². The molecule has 120 valence electrons. The third-order valence-corrected chi connectivity index (χ3v) is 4.87. The van der Waals surface area contributed by atoms with E-state index >= 15 is 0 Å². The molecule has 4 nitrogen and oxygen atoms in total. The lowest BCUT2D eigenvalue weighted by molar-refractivity contribution is -0.128. The van der Waals surface area contributed by atoms with Crippen LogP contribution in [0, 0.1) is 5.92 Å². The first-order valence-corrected chi connectivity index (χ1v) is 8.49. The molecule has 1 aromatic rings. The summed E-state index contributed by atoms with van der Waals surface area (Å²) in [5, 5.41) is 4.01. The van der Waals surface area contributed by atoms with E-state index in [0.717, 1.165) is 49.5 Å². The number of para-hydroxylation sites is 1. The highest BCUT2D eigenvalue weighted by atomic mass is 35.5. The molecule has 1 unspecified atom stereocenters. The maximum Gasteiger partial charge on any atom is 0.223 e. The second-order valence-electron chi connectivity index (χ2n) is 6.13. The van der Waals surface area contributed by atoms with Crippen molar-refractivity contribution in [3.05, 3.63) is 29.3 Å². The van der Waals surface area contributed by atoms with Crippen LogP contribution in [0.2, 0.25) is 5.02 Å². The minimum Gasteiger partial charge on any atom is -0.381 e. The standard InChI is InChI=1S/C17H23ClN2O2/c18-15-5-1-2-6-16(15)20-9-3-4-14(12-20)19-17(21)13-7-10-22-11-8-13/h1-2,5-6,13-14H,3-4,7-12H2,(H,19,21). The van der Waals surface area contributed by atoms with Gasteiger partial charge in [-0.25, -0.2) is 0 Å². The highest BCUT2D eigenvalue weighted by Gasteiger charge is 2.27. The molecule has 2 heterocycles. The first-order valence-electron chi connectivity index (χ1n) is 8.11. The summed E-state index contributed by atoms with van der Waals surface area (Å²) in [6, 6.07) is 8.12. The highest BCUT2D eigenvalue weighted by Crippen LogP contribution is 2.28. The molecular weight excluding hydrogens is 300 g/mol. The molecule has 0 aromatic heterocycles. The van der Waals surface area contributed by atoms with Crippen LogP contribution < -0.4 is 10.2 Å². The molecule has 22 heavy (non-hydrogen) atoms. The van der Waals surface area contributed by atoms with Crippen molar-refractivity contribution in [2.75, 3.05) is 31.2 Å². The zero-order chi connectivity index (χ0) is 15.4. The second-order valence-corrected chi connectivity index (χ2v) is 6.54. The predicted molar refractivity (Wildman–Crippen MR) is 88.4 cm³/mol. The molecule has 0 radical (unpaired) electrons. The Morgan fingerprint density at radius 1 is 1.23 bits per heavy atom. The molecule has 0 saturated carbocycles. The lowest BCUT2D eigenvalue weighted by Gasteiger charge is -2.36. The molecule has 1 atom stereocenters. The van der Waals surface area contributed by atoms with Crippen molar-refractivity contribution < 1.29 is 9.53 Å². The van der Waals surface area contributed by atoms with Gasteiger partial charge >= 0.3 is 0 Å². The minimum atomic E-state index is 0.115. The molecule has 1 N–H and O–H groups in total. The predicted octanol–water partition coefficient (Wildman–Crippen LogP) is 2.85. The molecule has 0 spiro atoms. The van der Waals surface area contributed by atoms with Gasteiger partial charge in [0.1, 0.15) is 0 Å². The second kappa shape index (κ2) is 7.34. The number of hydrogen-bond acceptors (Lipinski definition) is 3. The average Bonchev–Trinajstić information content (AvgIpc) is 2.56. The molecule has 0 bridgehead atoms. The van der Waals surface area contributed by atoms with Crippen LogP contribution in [0.25, 0.3) is 0 Å². The number of benzene rings is 1.